The number of hydrogen-bond acceptors (Lipinski definition) is 7. The van der Waals surface area contributed by atoms with Gasteiger partial charge in [-0.15, -0.1) is 0 Å². The monoisotopic (exact) mass is 565 g/mol. The molecule has 1 aliphatic rings. The van der Waals surface area contributed by atoms with Crippen LogP contribution in [0.2, 0.25) is 0 Å². The number of para-hydroxylation sites is 1. The molecule has 5 atom stereocenters. The van der Waals surface area contributed by atoms with Gasteiger partial charge in [0.15, 0.2) is 6.04 Å². The van der Waals surface area contributed by atoms with Gasteiger partial charge in [0.25, 0.3) is 0 Å². The molecule has 2 aromatic carbocycles. The van der Waals surface area contributed by atoms with Crippen molar-refractivity contribution >= 4 is 34.6 Å². The Labute approximate surface area is 236 Å². The second kappa shape index (κ2) is 13.3. The number of rotatable bonds is 12. The molecule has 0 bridgehead atoms. The number of carboxylic acid groups (broad SMARTS) is 1. The molecule has 12 nitrogen and oxygen atoms in total. The highest BCUT2D eigenvalue weighted by Crippen LogP contribution is 2.20. The van der Waals surface area contributed by atoms with Crippen LogP contribution in [0.4, 0.5) is 0 Å². The standard InChI is InChI=1S/C29H35N5O7/c1-16(35)25(29(40)41)34-28(39)24(14-18-15-31-21-6-3-2-5-20(18)21)33-27(38)23(13-17-8-10-19(36)11-9-17)32-26(37)22-7-4-12-30-22/h2-3,5-6,8-11,15-16,22-25,30-31,35-36H,4,7,12-14H2,1H3,(H,32,37)(H,33,38)(H,34,39)(H,40,41). The lowest BCUT2D eigenvalue weighted by Crippen LogP contribution is -2.59. The van der Waals surface area contributed by atoms with Gasteiger partial charge in [0.2, 0.25) is 17.7 Å². The van der Waals surface area contributed by atoms with Crippen LogP contribution in [-0.2, 0) is 32.0 Å². The van der Waals surface area contributed by atoms with Crippen LogP contribution in [0.25, 0.3) is 10.9 Å². The number of aromatic nitrogens is 1. The first kappa shape index (κ1) is 29.6. The topological polar surface area (TPSA) is 193 Å². The first-order valence-electron chi connectivity index (χ1n) is 13.5. The van der Waals surface area contributed by atoms with E-state index in [-0.39, 0.29) is 24.5 Å². The minimum Gasteiger partial charge on any atom is -0.508 e. The molecule has 0 aliphatic carbocycles. The fourth-order valence-corrected chi connectivity index (χ4v) is 4.90. The summed E-state index contributed by atoms with van der Waals surface area (Å²) in [5.74, 6) is -3.17. The molecule has 41 heavy (non-hydrogen) atoms. The third-order valence-electron chi connectivity index (χ3n) is 7.16. The Bertz CT molecular complexity index is 1380. The lowest BCUT2D eigenvalue weighted by molar-refractivity contribution is -0.145. The summed E-state index contributed by atoms with van der Waals surface area (Å²) >= 11 is 0. The smallest absolute Gasteiger partial charge is 0.328 e. The number of phenols is 1. The van der Waals surface area contributed by atoms with E-state index in [1.807, 2.05) is 24.3 Å². The van der Waals surface area contributed by atoms with Crippen LogP contribution in [0.15, 0.2) is 54.7 Å². The number of aromatic amines is 1. The Kier molecular flexibility index (Phi) is 9.58. The normalized spacial score (nSPS) is 17.8. The van der Waals surface area contributed by atoms with Crippen LogP contribution >= 0.6 is 0 Å². The summed E-state index contributed by atoms with van der Waals surface area (Å²) in [6, 6.07) is 9.27. The van der Waals surface area contributed by atoms with Crippen LogP contribution in [0, 0.1) is 0 Å². The van der Waals surface area contributed by atoms with Gasteiger partial charge < -0.3 is 41.6 Å². The second-order valence-electron chi connectivity index (χ2n) is 10.3. The quantitative estimate of drug-likeness (QED) is 0.154. The number of nitrogens with one attached hydrogen (secondary N) is 5. The molecule has 1 saturated heterocycles. The second-order valence-corrected chi connectivity index (χ2v) is 10.3. The van der Waals surface area contributed by atoms with Crippen LogP contribution in [0.1, 0.15) is 30.9 Å². The predicted octanol–water partition coefficient (Wildman–Crippen LogP) is 0.330. The van der Waals surface area contributed by atoms with E-state index in [9.17, 15) is 34.5 Å². The van der Waals surface area contributed by atoms with E-state index in [0.29, 0.717) is 24.1 Å². The summed E-state index contributed by atoms with van der Waals surface area (Å²) in [5.41, 5.74) is 2.20. The van der Waals surface area contributed by atoms with E-state index in [1.165, 1.54) is 19.1 Å². The van der Waals surface area contributed by atoms with Gasteiger partial charge in [0, 0.05) is 29.9 Å². The van der Waals surface area contributed by atoms with Crippen molar-refractivity contribution < 1.29 is 34.5 Å². The molecule has 0 saturated carbocycles. The molecule has 2 heterocycles. The highest BCUT2D eigenvalue weighted by molar-refractivity contribution is 5.95. The molecule has 5 unspecified atom stereocenters. The number of aliphatic hydroxyl groups excluding tert-OH is 1. The lowest BCUT2D eigenvalue weighted by atomic mass is 10.0. The number of H-pyrrole nitrogens is 1. The molecule has 1 aliphatic heterocycles. The Balaban J connectivity index is 1.60. The summed E-state index contributed by atoms with van der Waals surface area (Å²) in [6.07, 6.45) is 1.87. The maximum absolute atomic E-state index is 13.7. The molecule has 218 valence electrons. The number of aliphatic carboxylic acids is 1. The highest BCUT2D eigenvalue weighted by Gasteiger charge is 2.33. The van der Waals surface area contributed by atoms with Gasteiger partial charge in [-0.05, 0) is 55.6 Å². The van der Waals surface area contributed by atoms with Crippen molar-refractivity contribution in [2.75, 3.05) is 6.54 Å². The molecular weight excluding hydrogens is 530 g/mol. The van der Waals surface area contributed by atoms with Crippen molar-refractivity contribution in [1.82, 2.24) is 26.3 Å². The fraction of sp³-hybridized carbons (Fsp3) is 0.379. The molecule has 1 fully saturated rings. The Morgan fingerprint density at radius 1 is 0.951 bits per heavy atom. The molecule has 3 amide bonds. The van der Waals surface area contributed by atoms with Gasteiger partial charge in [0.1, 0.15) is 17.8 Å². The third kappa shape index (κ3) is 7.62. The van der Waals surface area contributed by atoms with Crippen molar-refractivity contribution in [3.8, 4) is 5.75 Å². The first-order chi connectivity index (χ1) is 19.6. The van der Waals surface area contributed by atoms with Crippen molar-refractivity contribution in [3.63, 3.8) is 0 Å². The van der Waals surface area contributed by atoms with Crippen LogP contribution < -0.4 is 21.3 Å². The van der Waals surface area contributed by atoms with Crippen LogP contribution in [0.5, 0.6) is 5.75 Å². The zero-order valence-electron chi connectivity index (χ0n) is 22.6. The van der Waals surface area contributed by atoms with Gasteiger partial charge >= 0.3 is 5.97 Å². The Hall–Kier alpha value is -4.42. The van der Waals surface area contributed by atoms with E-state index in [0.717, 1.165) is 17.3 Å². The highest BCUT2D eigenvalue weighted by atomic mass is 16.4. The van der Waals surface area contributed by atoms with E-state index in [2.05, 4.69) is 26.3 Å². The number of aromatic hydroxyl groups is 1. The summed E-state index contributed by atoms with van der Waals surface area (Å²) in [4.78, 5) is 54.8. The SMILES string of the molecule is CC(O)C(NC(=O)C(Cc1c[nH]c2ccccc12)NC(=O)C(Cc1ccc(O)cc1)NC(=O)C1CCCN1)C(=O)O. The van der Waals surface area contributed by atoms with Crippen molar-refractivity contribution in [1.29, 1.82) is 0 Å². The molecule has 8 N–H and O–H groups in total. The molecule has 3 aromatic rings. The van der Waals surface area contributed by atoms with E-state index in [4.69, 9.17) is 0 Å². The maximum Gasteiger partial charge on any atom is 0.328 e. The van der Waals surface area contributed by atoms with E-state index in [1.54, 1.807) is 18.3 Å². The zero-order valence-corrected chi connectivity index (χ0v) is 22.6. The van der Waals surface area contributed by atoms with Gasteiger partial charge in [0.05, 0.1) is 12.1 Å². The maximum atomic E-state index is 13.7. The fourth-order valence-electron chi connectivity index (χ4n) is 4.90. The zero-order chi connectivity index (χ0) is 29.5. The van der Waals surface area contributed by atoms with Crippen molar-refractivity contribution in [2.45, 2.75) is 62.9 Å². The largest absolute Gasteiger partial charge is 0.508 e. The average Bonchev–Trinajstić information content (AvgIpc) is 3.62. The van der Waals surface area contributed by atoms with E-state index < -0.39 is 48.1 Å². The Morgan fingerprint density at radius 3 is 2.29 bits per heavy atom. The van der Waals surface area contributed by atoms with Gasteiger partial charge in [-0.2, -0.15) is 0 Å². The number of carbonyl (C=O) groups excluding carboxylic acids is 3. The summed E-state index contributed by atoms with van der Waals surface area (Å²) < 4.78 is 0. The number of aliphatic hydroxyl groups is 1. The molecule has 4 rings (SSSR count). The number of benzene rings is 2. The predicted molar refractivity (Wildman–Crippen MR) is 150 cm³/mol. The van der Waals surface area contributed by atoms with Crippen molar-refractivity contribution in [2.24, 2.45) is 0 Å². The first-order valence-corrected chi connectivity index (χ1v) is 13.5. The minimum atomic E-state index is -1.59. The van der Waals surface area contributed by atoms with Gasteiger partial charge in [-0.3, -0.25) is 14.4 Å². The van der Waals surface area contributed by atoms with Gasteiger partial charge in [-0.25, -0.2) is 4.79 Å². The average molecular weight is 566 g/mol. The number of hydrogen-bond donors (Lipinski definition) is 8. The molecular formula is C29H35N5O7. The molecule has 0 spiro atoms. The third-order valence-corrected chi connectivity index (χ3v) is 7.16. The van der Waals surface area contributed by atoms with Crippen LogP contribution in [-0.4, -0.2) is 80.8 Å². The number of carbonyl (C=O) groups is 4. The summed E-state index contributed by atoms with van der Waals surface area (Å²) in [7, 11) is 0. The number of amides is 3. The number of fused-ring (bicyclic) bond motifs is 1. The number of carboxylic acids is 1. The molecule has 0 radical (unpaired) electrons. The number of phenolic OH excluding ortho intramolecular Hbond substituents is 1. The summed E-state index contributed by atoms with van der Waals surface area (Å²) in [5, 5.41) is 40.8. The van der Waals surface area contributed by atoms with Gasteiger partial charge in [-0.1, -0.05) is 30.3 Å². The van der Waals surface area contributed by atoms with Crippen LogP contribution in [0.3, 0.4) is 0 Å². The van der Waals surface area contributed by atoms with Crippen molar-refractivity contribution in [3.05, 3.63) is 65.9 Å². The molecule has 1 aromatic heterocycles. The van der Waals surface area contributed by atoms with E-state index >= 15 is 0 Å². The Morgan fingerprint density at radius 2 is 1.63 bits per heavy atom. The summed E-state index contributed by atoms with van der Waals surface area (Å²) in [6.45, 7) is 1.93. The molecule has 12 heteroatoms. The minimum absolute atomic E-state index is 0.0117. The lowest BCUT2D eigenvalue weighted by Gasteiger charge is -2.26.